The third-order valence-corrected chi connectivity index (χ3v) is 6.66. The van der Waals surface area contributed by atoms with Crippen molar-refractivity contribution in [1.29, 1.82) is 0 Å². The molecule has 1 saturated heterocycles. The highest BCUT2D eigenvalue weighted by atomic mass is 16.5. The van der Waals surface area contributed by atoms with Crippen molar-refractivity contribution < 1.29 is 14.3 Å². The molecular formula is C25H29N3O3. The lowest BCUT2D eigenvalue weighted by molar-refractivity contribution is -0.140. The maximum Gasteiger partial charge on any atom is 0.242 e. The molecule has 1 aromatic carbocycles. The molecule has 3 aliphatic rings. The Kier molecular flexibility index (Phi) is 5.48. The normalized spacial score (nSPS) is 22.8. The maximum absolute atomic E-state index is 13.6. The van der Waals surface area contributed by atoms with E-state index in [0.717, 1.165) is 24.0 Å². The fourth-order valence-corrected chi connectivity index (χ4v) is 4.47. The first-order valence-corrected chi connectivity index (χ1v) is 11.3. The third kappa shape index (κ3) is 4.49. The van der Waals surface area contributed by atoms with Crippen LogP contribution in [0.15, 0.2) is 54.9 Å². The van der Waals surface area contributed by atoms with Crippen molar-refractivity contribution in [2.45, 2.75) is 43.7 Å². The molecule has 31 heavy (non-hydrogen) atoms. The second-order valence-corrected chi connectivity index (χ2v) is 9.17. The highest BCUT2D eigenvalue weighted by Crippen LogP contribution is 2.49. The number of nitrogens with zero attached hydrogens (tertiary/aromatic N) is 3. The van der Waals surface area contributed by atoms with Gasteiger partial charge in [0.05, 0.1) is 18.1 Å². The number of aromatic nitrogens is 1. The molecule has 2 aliphatic carbocycles. The average Bonchev–Trinajstić information content (AvgIpc) is 3.71. The van der Waals surface area contributed by atoms with Crippen LogP contribution in [-0.4, -0.2) is 58.9 Å². The van der Waals surface area contributed by atoms with Gasteiger partial charge in [-0.2, -0.15) is 0 Å². The second kappa shape index (κ2) is 8.42. The van der Waals surface area contributed by atoms with Crippen molar-refractivity contribution in [2.75, 3.05) is 26.2 Å². The summed E-state index contributed by atoms with van der Waals surface area (Å²) in [7, 11) is 0. The Morgan fingerprint density at radius 2 is 1.90 bits per heavy atom. The summed E-state index contributed by atoms with van der Waals surface area (Å²) in [6.07, 6.45) is 7.46. The van der Waals surface area contributed by atoms with E-state index in [2.05, 4.69) is 4.98 Å². The molecular weight excluding hydrogens is 390 g/mol. The van der Waals surface area contributed by atoms with E-state index < -0.39 is 5.41 Å². The molecule has 2 aromatic rings. The Bertz CT molecular complexity index is 926. The first-order valence-electron chi connectivity index (χ1n) is 11.3. The van der Waals surface area contributed by atoms with Gasteiger partial charge in [0.15, 0.2) is 0 Å². The van der Waals surface area contributed by atoms with Gasteiger partial charge in [-0.05, 0) is 48.8 Å². The number of carbonyl (C=O) groups is 2. The molecule has 6 nitrogen and oxygen atoms in total. The zero-order chi connectivity index (χ0) is 21.3. The molecule has 0 spiro atoms. The summed E-state index contributed by atoms with van der Waals surface area (Å²) in [5.74, 6) is 0.669. The molecule has 0 radical (unpaired) electrons. The molecule has 162 valence electrons. The number of ether oxygens (including phenoxy) is 1. The van der Waals surface area contributed by atoms with Gasteiger partial charge in [-0.1, -0.05) is 36.4 Å². The molecule has 2 heterocycles. The molecule has 1 aromatic heterocycles. The molecule has 6 heteroatoms. The van der Waals surface area contributed by atoms with Crippen LogP contribution in [0.25, 0.3) is 0 Å². The van der Waals surface area contributed by atoms with E-state index in [-0.39, 0.29) is 24.5 Å². The van der Waals surface area contributed by atoms with Crippen LogP contribution in [0.4, 0.5) is 0 Å². The van der Waals surface area contributed by atoms with E-state index in [1.54, 1.807) is 17.3 Å². The van der Waals surface area contributed by atoms with Crippen LogP contribution in [0.5, 0.6) is 0 Å². The zero-order valence-corrected chi connectivity index (χ0v) is 17.8. The second-order valence-electron chi connectivity index (χ2n) is 9.17. The van der Waals surface area contributed by atoms with Crippen LogP contribution in [0.3, 0.4) is 0 Å². The van der Waals surface area contributed by atoms with Crippen molar-refractivity contribution in [3.05, 3.63) is 66.0 Å². The molecule has 1 atom stereocenters. The van der Waals surface area contributed by atoms with Gasteiger partial charge in [0, 0.05) is 38.6 Å². The summed E-state index contributed by atoms with van der Waals surface area (Å²) >= 11 is 0. The molecule has 0 bridgehead atoms. The number of pyridine rings is 1. The monoisotopic (exact) mass is 419 g/mol. The fraction of sp³-hybridized carbons (Fsp3) is 0.480. The van der Waals surface area contributed by atoms with E-state index in [9.17, 15) is 9.59 Å². The molecule has 3 fully saturated rings. The van der Waals surface area contributed by atoms with Crippen molar-refractivity contribution in [3.63, 3.8) is 0 Å². The standard InChI is InChI=1S/C25H29N3O3/c29-23-17-28(24(30)25(10-11-25)21-6-2-1-3-7-21)16-22(31-18-19-8-9-19)15-27(23)14-20-5-4-12-26-13-20/h1-7,12-13,19,22H,8-11,14-18H2/t22-/m0/s1. The topological polar surface area (TPSA) is 62.7 Å². The molecule has 0 N–H and O–H groups in total. The van der Waals surface area contributed by atoms with Gasteiger partial charge in [0.25, 0.3) is 0 Å². The number of benzene rings is 1. The van der Waals surface area contributed by atoms with E-state index in [1.165, 1.54) is 12.8 Å². The van der Waals surface area contributed by atoms with Gasteiger partial charge >= 0.3 is 0 Å². The Balaban J connectivity index is 1.35. The highest BCUT2D eigenvalue weighted by Gasteiger charge is 2.53. The van der Waals surface area contributed by atoms with Gasteiger partial charge in [-0.3, -0.25) is 14.6 Å². The number of hydrogen-bond acceptors (Lipinski definition) is 4. The van der Waals surface area contributed by atoms with Gasteiger partial charge in [-0.25, -0.2) is 0 Å². The predicted molar refractivity (Wildman–Crippen MR) is 116 cm³/mol. The van der Waals surface area contributed by atoms with Crippen LogP contribution in [-0.2, 0) is 26.3 Å². The van der Waals surface area contributed by atoms with Crippen molar-refractivity contribution in [1.82, 2.24) is 14.8 Å². The molecule has 0 unspecified atom stereocenters. The van der Waals surface area contributed by atoms with Crippen molar-refractivity contribution in [2.24, 2.45) is 5.92 Å². The summed E-state index contributed by atoms with van der Waals surface area (Å²) < 4.78 is 6.22. The number of rotatable bonds is 7. The highest BCUT2D eigenvalue weighted by molar-refractivity contribution is 5.94. The summed E-state index contributed by atoms with van der Waals surface area (Å²) in [4.78, 5) is 34.5. The smallest absolute Gasteiger partial charge is 0.242 e. The van der Waals surface area contributed by atoms with Gasteiger partial charge in [-0.15, -0.1) is 0 Å². The quantitative estimate of drug-likeness (QED) is 0.692. The lowest BCUT2D eigenvalue weighted by Gasteiger charge is -2.28. The average molecular weight is 420 g/mol. The van der Waals surface area contributed by atoms with E-state index >= 15 is 0 Å². The van der Waals surface area contributed by atoms with Crippen LogP contribution in [0.2, 0.25) is 0 Å². The largest absolute Gasteiger partial charge is 0.374 e. The van der Waals surface area contributed by atoms with Gasteiger partial charge < -0.3 is 14.5 Å². The first-order chi connectivity index (χ1) is 15.1. The van der Waals surface area contributed by atoms with E-state index in [0.29, 0.717) is 32.2 Å². The van der Waals surface area contributed by atoms with Gasteiger partial charge in [0.1, 0.15) is 0 Å². The minimum atomic E-state index is -0.471. The van der Waals surface area contributed by atoms with Crippen LogP contribution in [0, 0.1) is 5.92 Å². The number of hydrogen-bond donors (Lipinski definition) is 0. The summed E-state index contributed by atoms with van der Waals surface area (Å²) in [5.41, 5.74) is 1.57. The summed E-state index contributed by atoms with van der Waals surface area (Å²) in [6.45, 7) is 2.28. The van der Waals surface area contributed by atoms with Crippen LogP contribution < -0.4 is 0 Å². The number of amides is 2. The lowest BCUT2D eigenvalue weighted by atomic mass is 9.94. The van der Waals surface area contributed by atoms with Crippen LogP contribution in [0.1, 0.15) is 36.8 Å². The van der Waals surface area contributed by atoms with E-state index in [1.807, 2.05) is 47.4 Å². The van der Waals surface area contributed by atoms with Crippen LogP contribution >= 0.6 is 0 Å². The fourth-order valence-electron chi connectivity index (χ4n) is 4.47. The summed E-state index contributed by atoms with van der Waals surface area (Å²) in [5, 5.41) is 0. The Morgan fingerprint density at radius 1 is 1.10 bits per heavy atom. The van der Waals surface area contributed by atoms with E-state index in [4.69, 9.17) is 4.74 Å². The van der Waals surface area contributed by atoms with Gasteiger partial charge in [0.2, 0.25) is 11.8 Å². The maximum atomic E-state index is 13.6. The Labute approximate surface area is 183 Å². The van der Waals surface area contributed by atoms with Crippen molar-refractivity contribution in [3.8, 4) is 0 Å². The Morgan fingerprint density at radius 3 is 2.58 bits per heavy atom. The Hall–Kier alpha value is -2.73. The SMILES string of the molecule is O=C1CN(C(=O)C2(c3ccccc3)CC2)C[C@@H](OCC2CC2)CN1Cc1cccnc1. The lowest BCUT2D eigenvalue weighted by Crippen LogP contribution is -2.45. The third-order valence-electron chi connectivity index (χ3n) is 6.66. The number of carbonyl (C=O) groups excluding carboxylic acids is 2. The minimum absolute atomic E-state index is 0.0291. The predicted octanol–water partition coefficient (Wildman–Crippen LogP) is 2.78. The molecule has 2 amide bonds. The molecule has 5 rings (SSSR count). The zero-order valence-electron chi connectivity index (χ0n) is 17.8. The molecule has 1 aliphatic heterocycles. The van der Waals surface area contributed by atoms with Crippen molar-refractivity contribution >= 4 is 11.8 Å². The molecule has 2 saturated carbocycles. The minimum Gasteiger partial charge on any atom is -0.374 e. The summed E-state index contributed by atoms with van der Waals surface area (Å²) in [6, 6.07) is 13.8. The first kappa shape index (κ1) is 20.2.